The first-order chi connectivity index (χ1) is 13.4. The van der Waals surface area contributed by atoms with E-state index < -0.39 is 0 Å². The molecular formula is C25H48N2. The number of imidazole rings is 1. The zero-order chi connectivity index (χ0) is 19.4. The molecule has 0 fully saturated rings. The van der Waals surface area contributed by atoms with Crippen LogP contribution in [0, 0.1) is 0 Å². The molecule has 0 radical (unpaired) electrons. The van der Waals surface area contributed by atoms with Crippen molar-refractivity contribution < 1.29 is 0 Å². The van der Waals surface area contributed by atoms with Crippen molar-refractivity contribution in [2.75, 3.05) is 0 Å². The second kappa shape index (κ2) is 18.6. The van der Waals surface area contributed by atoms with Gasteiger partial charge in [0.25, 0.3) is 0 Å². The van der Waals surface area contributed by atoms with E-state index >= 15 is 0 Å². The van der Waals surface area contributed by atoms with Crippen molar-refractivity contribution in [1.82, 2.24) is 9.97 Å². The first kappa shape index (κ1) is 24.2. The number of aromatic nitrogens is 2. The molecule has 2 heteroatoms. The largest absolute Gasteiger partial charge is 0.348 e. The number of hydrogen-bond acceptors (Lipinski definition) is 1. The number of unbranched alkanes of at least 4 members (excludes halogenated alkanes) is 16. The predicted molar refractivity (Wildman–Crippen MR) is 120 cm³/mol. The number of H-pyrrole nitrogens is 1. The van der Waals surface area contributed by atoms with E-state index in [0.29, 0.717) is 0 Å². The molecule has 0 aromatic carbocycles. The van der Waals surface area contributed by atoms with E-state index in [2.05, 4.69) is 25.0 Å². The summed E-state index contributed by atoms with van der Waals surface area (Å²) >= 11 is 0. The second-order valence-electron chi connectivity index (χ2n) is 8.50. The zero-order valence-electron chi connectivity index (χ0n) is 18.7. The van der Waals surface area contributed by atoms with Crippen molar-refractivity contribution in [3.05, 3.63) is 17.7 Å². The lowest BCUT2D eigenvalue weighted by Gasteiger charge is -2.01. The predicted octanol–water partition coefficient (Wildman–Crippen LogP) is 8.56. The van der Waals surface area contributed by atoms with Crippen molar-refractivity contribution in [3.8, 4) is 0 Å². The van der Waals surface area contributed by atoms with E-state index in [0.717, 1.165) is 12.8 Å². The minimum Gasteiger partial charge on any atom is -0.348 e. The summed E-state index contributed by atoms with van der Waals surface area (Å²) in [6.07, 6.45) is 29.6. The number of aryl methyl sites for hydroxylation is 2. The molecule has 0 aliphatic carbocycles. The van der Waals surface area contributed by atoms with Gasteiger partial charge in [-0.2, -0.15) is 0 Å². The maximum absolute atomic E-state index is 4.79. The fraction of sp³-hybridized carbons (Fsp3) is 0.880. The Bertz CT molecular complexity index is 374. The summed E-state index contributed by atoms with van der Waals surface area (Å²) in [5.41, 5.74) is 1.28. The van der Waals surface area contributed by atoms with Crippen molar-refractivity contribution >= 4 is 0 Å². The molecule has 1 N–H and O–H groups in total. The van der Waals surface area contributed by atoms with Gasteiger partial charge in [-0.25, -0.2) is 4.98 Å². The molecule has 0 unspecified atom stereocenters. The normalized spacial score (nSPS) is 11.3. The highest BCUT2D eigenvalue weighted by Crippen LogP contribution is 2.13. The van der Waals surface area contributed by atoms with E-state index in [1.807, 2.05) is 0 Å². The summed E-state index contributed by atoms with van der Waals surface area (Å²) < 4.78 is 0. The van der Waals surface area contributed by atoms with Crippen LogP contribution in [0.2, 0.25) is 0 Å². The minimum atomic E-state index is 1.13. The van der Waals surface area contributed by atoms with E-state index in [9.17, 15) is 0 Å². The van der Waals surface area contributed by atoms with Gasteiger partial charge in [0.05, 0.1) is 5.69 Å². The van der Waals surface area contributed by atoms with Crippen LogP contribution >= 0.6 is 0 Å². The van der Waals surface area contributed by atoms with Crippen LogP contribution in [0.15, 0.2) is 6.20 Å². The van der Waals surface area contributed by atoms with Crippen LogP contribution in [-0.2, 0) is 12.8 Å². The average molecular weight is 377 g/mol. The second-order valence-corrected chi connectivity index (χ2v) is 8.50. The maximum atomic E-state index is 4.79. The Morgan fingerprint density at radius 3 is 1.44 bits per heavy atom. The highest BCUT2D eigenvalue weighted by molar-refractivity contribution is 5.01. The van der Waals surface area contributed by atoms with Gasteiger partial charge < -0.3 is 4.98 Å². The monoisotopic (exact) mass is 376 g/mol. The first-order valence-electron chi connectivity index (χ1n) is 12.4. The van der Waals surface area contributed by atoms with Gasteiger partial charge in [0.15, 0.2) is 0 Å². The first-order valence-corrected chi connectivity index (χ1v) is 12.4. The van der Waals surface area contributed by atoms with Crippen LogP contribution in [-0.4, -0.2) is 9.97 Å². The Morgan fingerprint density at radius 2 is 0.963 bits per heavy atom. The quantitative estimate of drug-likeness (QED) is 0.227. The molecule has 0 atom stereocenters. The summed E-state index contributed by atoms with van der Waals surface area (Å²) in [6.45, 7) is 4.58. The molecule has 158 valence electrons. The van der Waals surface area contributed by atoms with Gasteiger partial charge in [-0.3, -0.25) is 0 Å². The SMILES string of the molecule is CCCCCCCCCCCc1c[nH]c(CCCCCCCCCCC)n1. The van der Waals surface area contributed by atoms with E-state index in [-0.39, 0.29) is 0 Å². The summed E-state index contributed by atoms with van der Waals surface area (Å²) in [6, 6.07) is 0. The molecule has 1 aromatic heterocycles. The lowest BCUT2D eigenvalue weighted by Crippen LogP contribution is -1.91. The molecule has 1 rings (SSSR count). The van der Waals surface area contributed by atoms with Crippen molar-refractivity contribution in [2.45, 2.75) is 142 Å². The Morgan fingerprint density at radius 1 is 0.556 bits per heavy atom. The number of nitrogens with one attached hydrogen (secondary N) is 1. The van der Waals surface area contributed by atoms with Crippen LogP contribution in [0.4, 0.5) is 0 Å². The molecule has 0 aliphatic heterocycles. The van der Waals surface area contributed by atoms with Gasteiger partial charge in [0.1, 0.15) is 5.82 Å². The number of aromatic amines is 1. The lowest BCUT2D eigenvalue weighted by molar-refractivity contribution is 0.561. The van der Waals surface area contributed by atoms with Crippen LogP contribution < -0.4 is 0 Å². The van der Waals surface area contributed by atoms with Crippen molar-refractivity contribution in [3.63, 3.8) is 0 Å². The summed E-state index contributed by atoms with van der Waals surface area (Å²) in [4.78, 5) is 8.19. The van der Waals surface area contributed by atoms with Gasteiger partial charge in [-0.15, -0.1) is 0 Å². The van der Waals surface area contributed by atoms with Crippen LogP contribution in [0.3, 0.4) is 0 Å². The molecule has 0 spiro atoms. The molecule has 0 aliphatic rings. The Labute approximate surface area is 170 Å². The molecule has 1 aromatic rings. The standard InChI is InChI=1S/C25H48N2/c1-3-5-7-9-11-13-15-17-19-21-24-23-26-25(27-24)22-20-18-16-14-12-10-8-6-4-2/h23H,3-22H2,1-2H3,(H,26,27). The molecule has 0 saturated carbocycles. The fourth-order valence-electron chi connectivity index (χ4n) is 3.88. The molecule has 0 bridgehead atoms. The summed E-state index contributed by atoms with van der Waals surface area (Å²) in [7, 11) is 0. The van der Waals surface area contributed by atoms with E-state index in [4.69, 9.17) is 4.98 Å². The van der Waals surface area contributed by atoms with E-state index in [1.165, 1.54) is 127 Å². The molecule has 1 heterocycles. The summed E-state index contributed by atoms with van der Waals surface area (Å²) in [5.74, 6) is 1.21. The Kier molecular flexibility index (Phi) is 16.7. The number of rotatable bonds is 20. The molecule has 0 saturated heterocycles. The Hall–Kier alpha value is -0.790. The number of hydrogen-bond donors (Lipinski definition) is 1. The van der Waals surface area contributed by atoms with Gasteiger partial charge in [-0.1, -0.05) is 117 Å². The molecule has 2 nitrogen and oxygen atoms in total. The Balaban J connectivity index is 1.90. The third kappa shape index (κ3) is 14.9. The van der Waals surface area contributed by atoms with E-state index in [1.54, 1.807) is 0 Å². The third-order valence-electron chi connectivity index (χ3n) is 5.74. The zero-order valence-corrected chi connectivity index (χ0v) is 18.7. The average Bonchev–Trinajstić information content (AvgIpc) is 3.13. The fourth-order valence-corrected chi connectivity index (χ4v) is 3.88. The van der Waals surface area contributed by atoms with Gasteiger partial charge in [0.2, 0.25) is 0 Å². The van der Waals surface area contributed by atoms with Gasteiger partial charge in [0, 0.05) is 12.6 Å². The third-order valence-corrected chi connectivity index (χ3v) is 5.74. The smallest absolute Gasteiger partial charge is 0.106 e. The van der Waals surface area contributed by atoms with Crippen molar-refractivity contribution in [1.29, 1.82) is 0 Å². The van der Waals surface area contributed by atoms with Gasteiger partial charge >= 0.3 is 0 Å². The van der Waals surface area contributed by atoms with Crippen LogP contribution in [0.1, 0.15) is 141 Å². The minimum absolute atomic E-state index is 1.13. The van der Waals surface area contributed by atoms with Gasteiger partial charge in [-0.05, 0) is 19.3 Å². The molecule has 0 amide bonds. The van der Waals surface area contributed by atoms with Crippen molar-refractivity contribution in [2.24, 2.45) is 0 Å². The maximum Gasteiger partial charge on any atom is 0.106 e. The summed E-state index contributed by atoms with van der Waals surface area (Å²) in [5, 5.41) is 0. The number of nitrogens with zero attached hydrogens (tertiary/aromatic N) is 1. The lowest BCUT2D eigenvalue weighted by atomic mass is 10.1. The molecular weight excluding hydrogens is 328 g/mol. The highest BCUT2D eigenvalue weighted by atomic mass is 14.9. The van der Waals surface area contributed by atoms with Crippen LogP contribution in [0.25, 0.3) is 0 Å². The molecule has 27 heavy (non-hydrogen) atoms. The highest BCUT2D eigenvalue weighted by Gasteiger charge is 2.02. The topological polar surface area (TPSA) is 28.7 Å². The van der Waals surface area contributed by atoms with Crippen LogP contribution in [0.5, 0.6) is 0 Å².